The van der Waals surface area contributed by atoms with E-state index >= 15 is 0 Å². The van der Waals surface area contributed by atoms with E-state index in [9.17, 15) is 4.79 Å². The maximum absolute atomic E-state index is 12.6. The lowest BCUT2D eigenvalue weighted by Gasteiger charge is -2.29. The second-order valence-corrected chi connectivity index (χ2v) is 9.98. The van der Waals surface area contributed by atoms with Gasteiger partial charge in [0.15, 0.2) is 5.78 Å². The molecule has 0 aliphatic heterocycles. The first-order chi connectivity index (χ1) is 12.5. The fourth-order valence-electron chi connectivity index (χ4n) is 3.51. The largest absolute Gasteiger partial charge is 0.501 e. The first-order valence-electron chi connectivity index (χ1n) is 9.35. The van der Waals surface area contributed by atoms with Gasteiger partial charge in [0.1, 0.15) is 5.75 Å². The van der Waals surface area contributed by atoms with Gasteiger partial charge < -0.3 is 18.0 Å². The highest BCUT2D eigenvalue weighted by atomic mass is 127. The van der Waals surface area contributed by atoms with E-state index in [1.807, 2.05) is 26.8 Å². The third-order valence-electron chi connectivity index (χ3n) is 4.53. The highest BCUT2D eigenvalue weighted by Crippen LogP contribution is 2.36. The number of ketones is 1. The molecule has 2 rings (SSSR count). The minimum absolute atomic E-state index is 0.235. The van der Waals surface area contributed by atoms with Crippen molar-refractivity contribution in [1.29, 1.82) is 0 Å². The van der Waals surface area contributed by atoms with Crippen LogP contribution in [0.15, 0.2) is 6.07 Å². The Balaban J connectivity index is 2.36. The van der Waals surface area contributed by atoms with Crippen LogP contribution in [0, 0.1) is 3.57 Å². The fraction of sp³-hybridized carbons (Fsp3) is 0.632. The topological polar surface area (TPSA) is 54.0 Å². The van der Waals surface area contributed by atoms with Crippen LogP contribution in [0.3, 0.4) is 0 Å². The minimum Gasteiger partial charge on any atom is -0.496 e. The number of hydrogen-bond acceptors (Lipinski definition) is 5. The average Bonchev–Trinajstić information content (AvgIpc) is 2.62. The quantitative estimate of drug-likeness (QED) is 0.358. The summed E-state index contributed by atoms with van der Waals surface area (Å²) >= 11 is 2.29. The molecule has 0 saturated heterocycles. The summed E-state index contributed by atoms with van der Waals surface area (Å²) in [6.45, 7) is 7.54. The third kappa shape index (κ3) is 4.86. The van der Waals surface area contributed by atoms with E-state index in [1.54, 1.807) is 7.11 Å². The second-order valence-electron chi connectivity index (χ2n) is 6.16. The molecule has 5 nitrogen and oxygen atoms in total. The summed E-state index contributed by atoms with van der Waals surface area (Å²) in [6.07, 6.45) is 3.14. The zero-order valence-corrected chi connectivity index (χ0v) is 19.3. The summed E-state index contributed by atoms with van der Waals surface area (Å²) in [6, 6.07) is 2.67. The highest BCUT2D eigenvalue weighted by Gasteiger charge is 2.40. The van der Waals surface area contributed by atoms with Crippen molar-refractivity contribution in [2.75, 3.05) is 26.9 Å². The molecule has 0 heterocycles. The van der Waals surface area contributed by atoms with Crippen LogP contribution in [-0.4, -0.2) is 41.5 Å². The van der Waals surface area contributed by atoms with E-state index in [-0.39, 0.29) is 5.78 Å². The van der Waals surface area contributed by atoms with E-state index in [1.165, 1.54) is 0 Å². The van der Waals surface area contributed by atoms with Crippen molar-refractivity contribution in [3.05, 3.63) is 26.3 Å². The van der Waals surface area contributed by atoms with Crippen LogP contribution in [0.25, 0.3) is 0 Å². The van der Waals surface area contributed by atoms with Crippen molar-refractivity contribution in [2.24, 2.45) is 0 Å². The monoisotopic (exact) mass is 492 g/mol. The molecule has 1 aromatic rings. The Morgan fingerprint density at radius 3 is 2.23 bits per heavy atom. The normalized spacial score (nSPS) is 14.4. The summed E-state index contributed by atoms with van der Waals surface area (Å²) in [7, 11) is -1.06. The summed E-state index contributed by atoms with van der Waals surface area (Å²) in [5.41, 5.74) is 3.04. The van der Waals surface area contributed by atoms with Gasteiger partial charge in [-0.3, -0.25) is 4.79 Å². The van der Waals surface area contributed by atoms with Gasteiger partial charge in [0.2, 0.25) is 0 Å². The summed E-state index contributed by atoms with van der Waals surface area (Å²) in [5.74, 6) is 1.07. The predicted octanol–water partition coefficient (Wildman–Crippen LogP) is 4.41. The zero-order valence-electron chi connectivity index (χ0n) is 16.2. The first-order valence-corrected chi connectivity index (χ1v) is 12.4. The van der Waals surface area contributed by atoms with Crippen LogP contribution >= 0.6 is 22.6 Å². The molecule has 0 N–H and O–H groups in total. The molecule has 0 spiro atoms. The highest BCUT2D eigenvalue weighted by molar-refractivity contribution is 14.1. The second kappa shape index (κ2) is 10.2. The zero-order chi connectivity index (χ0) is 19.2. The lowest BCUT2D eigenvalue weighted by molar-refractivity contribution is 0.0713. The summed E-state index contributed by atoms with van der Waals surface area (Å²) in [5, 5.41) is 0. The number of hydrogen-bond donors (Lipinski definition) is 0. The van der Waals surface area contributed by atoms with Crippen LogP contribution in [0.4, 0.5) is 0 Å². The molecule has 1 aliphatic rings. The number of methoxy groups -OCH3 is 1. The van der Waals surface area contributed by atoms with Gasteiger partial charge in [-0.1, -0.05) is 0 Å². The molecule has 146 valence electrons. The van der Waals surface area contributed by atoms with E-state index in [4.69, 9.17) is 18.0 Å². The van der Waals surface area contributed by atoms with Crippen LogP contribution in [0.1, 0.15) is 55.1 Å². The van der Waals surface area contributed by atoms with Crippen molar-refractivity contribution in [1.82, 2.24) is 0 Å². The predicted molar refractivity (Wildman–Crippen MR) is 112 cm³/mol. The third-order valence-corrected chi connectivity index (χ3v) is 8.76. The molecule has 0 saturated carbocycles. The van der Waals surface area contributed by atoms with Gasteiger partial charge in [0, 0.05) is 37.8 Å². The van der Waals surface area contributed by atoms with Crippen LogP contribution < -0.4 is 4.74 Å². The number of carbonyl (C=O) groups is 1. The number of ether oxygens (including phenoxy) is 1. The lowest BCUT2D eigenvalue weighted by Crippen LogP contribution is -2.46. The number of aryl methyl sites for hydroxylation is 1. The minimum atomic E-state index is -2.74. The van der Waals surface area contributed by atoms with Crippen molar-refractivity contribution in [3.63, 3.8) is 0 Å². The van der Waals surface area contributed by atoms with E-state index in [0.29, 0.717) is 38.7 Å². The molecule has 0 atom stereocenters. The van der Waals surface area contributed by atoms with E-state index in [0.717, 1.165) is 38.9 Å². The Hall–Kier alpha value is -0.483. The van der Waals surface area contributed by atoms with Crippen LogP contribution in [-0.2, 0) is 26.1 Å². The maximum Gasteiger partial charge on any atom is 0.501 e. The van der Waals surface area contributed by atoms with Crippen LogP contribution in [0.5, 0.6) is 5.75 Å². The Bertz CT molecular complexity index is 618. The van der Waals surface area contributed by atoms with Gasteiger partial charge in [-0.15, -0.1) is 0 Å². The van der Waals surface area contributed by atoms with Crippen molar-refractivity contribution in [3.8, 4) is 5.75 Å². The van der Waals surface area contributed by atoms with Gasteiger partial charge in [0.05, 0.1) is 10.7 Å². The molecular weight excluding hydrogens is 463 g/mol. The molecule has 1 aromatic carbocycles. The number of fused-ring (bicyclic) bond motifs is 1. The summed E-state index contributed by atoms with van der Waals surface area (Å²) < 4.78 is 24.5. The smallest absolute Gasteiger partial charge is 0.496 e. The first kappa shape index (κ1) is 21.8. The molecule has 0 amide bonds. The Labute approximate surface area is 171 Å². The van der Waals surface area contributed by atoms with Gasteiger partial charge in [-0.2, -0.15) is 0 Å². The Kier molecular flexibility index (Phi) is 8.53. The Morgan fingerprint density at radius 1 is 1.08 bits per heavy atom. The molecule has 0 aromatic heterocycles. The van der Waals surface area contributed by atoms with Crippen molar-refractivity contribution < 1.29 is 22.8 Å². The van der Waals surface area contributed by atoms with E-state index < -0.39 is 8.80 Å². The number of carbonyl (C=O) groups excluding carboxylic acids is 1. The summed E-state index contributed by atoms with van der Waals surface area (Å²) in [4.78, 5) is 12.6. The maximum atomic E-state index is 12.6. The van der Waals surface area contributed by atoms with Gasteiger partial charge in [-0.25, -0.2) is 0 Å². The molecule has 0 bridgehead atoms. The standard InChI is InChI=1S/C19H29IO5Si/c1-5-23-26(24-6-2,25-7-3)12-11-14-13-17(22-4)19(20)15-9-8-10-16(21)18(14)15/h13H,5-12H2,1-4H3. The lowest BCUT2D eigenvalue weighted by atomic mass is 9.86. The number of rotatable bonds is 10. The molecule has 1 aliphatic carbocycles. The number of benzene rings is 1. The van der Waals surface area contributed by atoms with Crippen molar-refractivity contribution in [2.45, 2.75) is 52.5 Å². The number of Topliss-reactive ketones (excluding diaryl/α,β-unsaturated/α-hetero) is 1. The molecule has 7 heteroatoms. The fourth-order valence-corrected chi connectivity index (χ4v) is 7.01. The molecule has 0 radical (unpaired) electrons. The molecular formula is C19H29IO5Si. The van der Waals surface area contributed by atoms with Gasteiger partial charge >= 0.3 is 8.80 Å². The molecule has 0 unspecified atom stereocenters. The van der Waals surface area contributed by atoms with Gasteiger partial charge in [-0.05, 0) is 79.8 Å². The van der Waals surface area contributed by atoms with Gasteiger partial charge in [0.25, 0.3) is 0 Å². The Morgan fingerprint density at radius 2 is 1.69 bits per heavy atom. The number of halogens is 1. The molecule has 26 heavy (non-hydrogen) atoms. The molecule has 0 fully saturated rings. The van der Waals surface area contributed by atoms with Crippen LogP contribution in [0.2, 0.25) is 6.04 Å². The van der Waals surface area contributed by atoms with Crippen molar-refractivity contribution >= 4 is 37.2 Å². The van der Waals surface area contributed by atoms with E-state index in [2.05, 4.69) is 22.6 Å². The SMILES string of the molecule is CCO[Si](CCc1cc(OC)c(I)c2c1C(=O)CCC2)(OCC)OCC. The average molecular weight is 492 g/mol.